The minimum absolute atomic E-state index is 0.216. The molecule has 0 bridgehead atoms. The van der Waals surface area contributed by atoms with Crippen LogP contribution in [0.15, 0.2) is 340 Å². The van der Waals surface area contributed by atoms with Crippen molar-refractivity contribution in [3.05, 3.63) is 345 Å². The van der Waals surface area contributed by atoms with Crippen molar-refractivity contribution in [2.75, 3.05) is 9.80 Å². The second kappa shape index (κ2) is 22.0. The smallest absolute Gasteiger partial charge is 0.252 e. The van der Waals surface area contributed by atoms with E-state index < -0.39 is 0 Å². The van der Waals surface area contributed by atoms with Gasteiger partial charge in [-0.1, -0.05) is 336 Å². The highest BCUT2D eigenvalue weighted by atomic mass is 15.2. The molecule has 2 aliphatic rings. The van der Waals surface area contributed by atoms with Crippen LogP contribution in [-0.4, -0.2) is 6.71 Å². The molecular weight excluding hydrogens is 1220 g/mol. The van der Waals surface area contributed by atoms with Crippen molar-refractivity contribution in [3.8, 4) is 66.8 Å². The first-order valence-corrected chi connectivity index (χ1v) is 35.5. The molecule has 0 saturated carbocycles. The van der Waals surface area contributed by atoms with Gasteiger partial charge in [0.1, 0.15) is 0 Å². The number of rotatable bonds is 8. The van der Waals surface area contributed by atoms with Gasteiger partial charge in [-0.25, -0.2) is 0 Å². The van der Waals surface area contributed by atoms with E-state index in [1.807, 2.05) is 0 Å². The highest BCUT2D eigenvalue weighted by molar-refractivity contribution is 7.00. The Morgan fingerprint density at radius 2 is 0.545 bits per heavy atom. The van der Waals surface area contributed by atoms with E-state index >= 15 is 0 Å². The molecule has 19 aromatic rings. The summed E-state index contributed by atoms with van der Waals surface area (Å²) in [5, 5.41) is 20.5. The van der Waals surface area contributed by atoms with E-state index in [1.165, 1.54) is 142 Å². The monoisotopic (exact) mass is 1280 g/mol. The Kier molecular flexibility index (Phi) is 12.5. The maximum absolute atomic E-state index is 2.72. The summed E-state index contributed by atoms with van der Waals surface area (Å²) in [6.07, 6.45) is 0. The number of hydrogen-bond donors (Lipinski definition) is 0. The highest BCUT2D eigenvalue weighted by Gasteiger charge is 2.46. The second-order valence-electron chi connectivity index (χ2n) is 28.9. The van der Waals surface area contributed by atoms with Crippen LogP contribution in [-0.2, 0) is 5.41 Å². The molecule has 0 radical (unpaired) electrons. The number of nitrogens with zero attached hydrogens (tertiary/aromatic N) is 2. The van der Waals surface area contributed by atoms with Crippen LogP contribution in [0.3, 0.4) is 0 Å². The zero-order valence-corrected chi connectivity index (χ0v) is 56.3. The lowest BCUT2D eigenvalue weighted by molar-refractivity contribution is 0.590. The number of anilines is 6. The summed E-state index contributed by atoms with van der Waals surface area (Å²) in [6.45, 7) is 6.98. The van der Waals surface area contributed by atoms with Gasteiger partial charge in [0.25, 0.3) is 6.71 Å². The van der Waals surface area contributed by atoms with E-state index in [0.29, 0.717) is 0 Å². The summed E-state index contributed by atoms with van der Waals surface area (Å²) < 4.78 is 0. The zero-order chi connectivity index (χ0) is 66.8. The van der Waals surface area contributed by atoms with Crippen molar-refractivity contribution < 1.29 is 0 Å². The molecule has 2 aliphatic heterocycles. The first-order valence-electron chi connectivity index (χ1n) is 35.5. The number of hydrogen-bond acceptors (Lipinski definition) is 2. The summed E-state index contributed by atoms with van der Waals surface area (Å²) in [5.74, 6) is 0. The fraction of sp³-hybridized carbons (Fsp3) is 0.0408. The van der Waals surface area contributed by atoms with Gasteiger partial charge in [-0.05, 0) is 182 Å². The Balaban J connectivity index is 0.924. The molecule has 3 heteroatoms. The van der Waals surface area contributed by atoms with Crippen molar-refractivity contribution in [1.29, 1.82) is 0 Å². The van der Waals surface area contributed by atoms with E-state index in [4.69, 9.17) is 0 Å². The molecule has 21 rings (SSSR count). The van der Waals surface area contributed by atoms with Gasteiger partial charge in [0.2, 0.25) is 0 Å². The molecule has 2 heterocycles. The summed E-state index contributed by atoms with van der Waals surface area (Å²) in [7, 11) is 0. The molecular formula is C98H65BN2. The van der Waals surface area contributed by atoms with Crippen LogP contribution in [0, 0.1) is 0 Å². The van der Waals surface area contributed by atoms with Crippen molar-refractivity contribution >= 4 is 143 Å². The summed E-state index contributed by atoms with van der Waals surface area (Å²) in [4.78, 5) is 5.44. The fourth-order valence-corrected chi connectivity index (χ4v) is 18.0. The first-order chi connectivity index (χ1) is 49.8. The van der Waals surface area contributed by atoms with Gasteiger partial charge in [-0.3, -0.25) is 0 Å². The quantitative estimate of drug-likeness (QED) is 0.0850. The van der Waals surface area contributed by atoms with Crippen LogP contribution in [0.1, 0.15) is 26.3 Å². The second-order valence-corrected chi connectivity index (χ2v) is 28.9. The van der Waals surface area contributed by atoms with Crippen LogP contribution < -0.4 is 26.2 Å². The average molecular weight is 1280 g/mol. The van der Waals surface area contributed by atoms with Gasteiger partial charge in [0.15, 0.2) is 0 Å². The Hall–Kier alpha value is -12.6. The van der Waals surface area contributed by atoms with Crippen molar-refractivity contribution in [3.63, 3.8) is 0 Å². The van der Waals surface area contributed by atoms with Gasteiger partial charge in [0, 0.05) is 45.0 Å². The van der Waals surface area contributed by atoms with Crippen molar-refractivity contribution in [1.82, 2.24) is 0 Å². The first kappa shape index (κ1) is 57.5. The topological polar surface area (TPSA) is 6.48 Å². The number of para-hydroxylation sites is 2. The van der Waals surface area contributed by atoms with Crippen LogP contribution >= 0.6 is 0 Å². The maximum Gasteiger partial charge on any atom is 0.252 e. The molecule has 0 fully saturated rings. The van der Waals surface area contributed by atoms with Crippen LogP contribution in [0.5, 0.6) is 0 Å². The van der Waals surface area contributed by atoms with Gasteiger partial charge in [-0.15, -0.1) is 0 Å². The molecule has 19 aromatic carbocycles. The van der Waals surface area contributed by atoms with E-state index in [-0.39, 0.29) is 12.1 Å². The highest BCUT2D eigenvalue weighted by Crippen LogP contribution is 2.56. The Bertz CT molecular complexity index is 6090. The zero-order valence-electron chi connectivity index (χ0n) is 56.3. The molecule has 0 aliphatic carbocycles. The predicted octanol–water partition coefficient (Wildman–Crippen LogP) is 25.2. The minimum atomic E-state index is -0.309. The van der Waals surface area contributed by atoms with Crippen LogP contribution in [0.25, 0.3) is 153 Å². The lowest BCUT2D eigenvalue weighted by Gasteiger charge is -2.46. The minimum Gasteiger partial charge on any atom is -0.310 e. The van der Waals surface area contributed by atoms with E-state index in [2.05, 4.69) is 370 Å². The molecule has 0 atom stereocenters. The lowest BCUT2D eigenvalue weighted by Crippen LogP contribution is -2.61. The van der Waals surface area contributed by atoms with Gasteiger partial charge in [-0.2, -0.15) is 0 Å². The standard InChI is InChI=1S/C98H65BN2/c1-98(2,3)70-58-87-95-88(59-70)101(97-75(62-28-12-6-13-29-62)40-23-41-76(97)63-30-14-7-15-31-63)86-57-69(72-53-49-67-37-19-45-80-78-43-17-33-65-35-21-47-82(90(65)78)94(72)92(67)80)51-55-84(86)99(95)83-54-50-68(71-52-48-66-36-18-44-79-77-42-16-32-64-34-20-46-81(89(64)77)93(71)91(66)79)56-85(83)100(87)96-73(60-24-8-4-9-25-60)38-22-39-74(96)61-26-10-5-11-27-61/h4-59H,1-3H3. The summed E-state index contributed by atoms with van der Waals surface area (Å²) in [6, 6.07) is 129. The van der Waals surface area contributed by atoms with Crippen molar-refractivity contribution in [2.24, 2.45) is 0 Å². The molecule has 470 valence electrons. The maximum atomic E-state index is 2.72. The fourth-order valence-electron chi connectivity index (χ4n) is 18.0. The Labute approximate surface area is 587 Å². The molecule has 0 aromatic heterocycles. The van der Waals surface area contributed by atoms with Gasteiger partial charge in [0.05, 0.1) is 11.4 Å². The summed E-state index contributed by atoms with van der Waals surface area (Å²) in [5.41, 5.74) is 25.6. The molecule has 0 unspecified atom stereocenters. The third kappa shape index (κ3) is 8.54. The average Bonchev–Trinajstić information content (AvgIpc) is 0.696. The molecule has 0 N–H and O–H groups in total. The van der Waals surface area contributed by atoms with E-state index in [0.717, 1.165) is 67.3 Å². The van der Waals surface area contributed by atoms with Gasteiger partial charge >= 0.3 is 0 Å². The molecule has 0 amide bonds. The Morgan fingerprint density at radius 1 is 0.228 bits per heavy atom. The third-order valence-corrected chi connectivity index (χ3v) is 22.4. The number of benzene rings is 19. The largest absolute Gasteiger partial charge is 0.310 e. The van der Waals surface area contributed by atoms with E-state index in [1.54, 1.807) is 0 Å². The molecule has 101 heavy (non-hydrogen) atoms. The van der Waals surface area contributed by atoms with Gasteiger partial charge < -0.3 is 9.80 Å². The lowest BCUT2D eigenvalue weighted by atomic mass is 9.33. The molecule has 2 nitrogen and oxygen atoms in total. The van der Waals surface area contributed by atoms with Crippen molar-refractivity contribution in [2.45, 2.75) is 26.2 Å². The van der Waals surface area contributed by atoms with E-state index in [9.17, 15) is 0 Å². The molecule has 0 saturated heterocycles. The molecule has 0 spiro atoms. The predicted molar refractivity (Wildman–Crippen MR) is 434 cm³/mol. The Morgan fingerprint density at radius 3 is 0.891 bits per heavy atom. The third-order valence-electron chi connectivity index (χ3n) is 22.4. The SMILES string of the molecule is CC(C)(C)c1cc2c3c(c1)N(c1c(-c4ccccc4)cccc1-c1ccccc1)c1cc(-c4ccc5cccc6c7cccc8cccc(c4c56)c87)ccc1B3c1ccc(-c3ccc4cccc5c6cccc7cccc(c3c45)c76)cc1N2c1c(-c2ccccc2)cccc1-c1ccccc1. The normalized spacial score (nSPS) is 12.8. The number of fused-ring (bicyclic) bond motifs is 8. The summed E-state index contributed by atoms with van der Waals surface area (Å²) >= 11 is 0. The van der Waals surface area contributed by atoms with Crippen LogP contribution in [0.4, 0.5) is 34.1 Å². The van der Waals surface area contributed by atoms with Crippen LogP contribution in [0.2, 0.25) is 0 Å².